The number of methoxy groups -OCH3 is 1. The molecule has 11 heteroatoms. The zero-order chi connectivity index (χ0) is 24.6. The van der Waals surface area contributed by atoms with Crippen molar-refractivity contribution in [3.8, 4) is 5.75 Å². The van der Waals surface area contributed by atoms with E-state index in [2.05, 4.69) is 4.72 Å². The molecular formula is C23H24N4O6S. The maximum atomic E-state index is 13.0. The number of nitrogens with zero attached hydrogens (tertiary/aromatic N) is 2. The first kappa shape index (κ1) is 23.5. The highest BCUT2D eigenvalue weighted by atomic mass is 32.2. The van der Waals surface area contributed by atoms with Gasteiger partial charge in [-0.15, -0.1) is 0 Å². The number of likely N-dealkylation sites (tertiary alicyclic amines) is 1. The van der Waals surface area contributed by atoms with Crippen LogP contribution in [0.15, 0.2) is 59.5 Å². The largest absolute Gasteiger partial charge is 0.497 e. The fourth-order valence-corrected chi connectivity index (χ4v) is 5.37. The first-order valence-electron chi connectivity index (χ1n) is 10.5. The Morgan fingerprint density at radius 2 is 1.88 bits per heavy atom. The van der Waals surface area contributed by atoms with Crippen molar-refractivity contribution < 1.29 is 22.9 Å². The van der Waals surface area contributed by atoms with Crippen LogP contribution < -0.4 is 15.2 Å². The Bertz CT molecular complexity index is 1390. The summed E-state index contributed by atoms with van der Waals surface area (Å²) in [6.07, 6.45) is 0.279. The second-order valence-electron chi connectivity index (χ2n) is 8.12. The molecule has 3 aromatic rings. The van der Waals surface area contributed by atoms with Gasteiger partial charge in [0.2, 0.25) is 15.9 Å². The molecule has 0 radical (unpaired) electrons. The van der Waals surface area contributed by atoms with Crippen LogP contribution in [0.2, 0.25) is 0 Å². The van der Waals surface area contributed by atoms with Crippen molar-refractivity contribution in [3.63, 3.8) is 0 Å². The molecule has 3 aromatic carbocycles. The fourth-order valence-electron chi connectivity index (χ4n) is 4.11. The quantitative estimate of drug-likeness (QED) is 0.298. The fraction of sp³-hybridized carbons (Fsp3) is 0.261. The van der Waals surface area contributed by atoms with Crippen molar-refractivity contribution >= 4 is 38.1 Å². The molecule has 0 spiro atoms. The minimum Gasteiger partial charge on any atom is -0.497 e. The summed E-state index contributed by atoms with van der Waals surface area (Å²) in [5, 5.41) is 12.8. The predicted molar refractivity (Wildman–Crippen MR) is 127 cm³/mol. The third kappa shape index (κ3) is 4.39. The summed E-state index contributed by atoms with van der Waals surface area (Å²) in [4.78, 5) is 25.2. The first-order valence-corrected chi connectivity index (χ1v) is 12.0. The third-order valence-electron chi connectivity index (χ3n) is 6.07. The Labute approximate surface area is 196 Å². The number of benzene rings is 3. The summed E-state index contributed by atoms with van der Waals surface area (Å²) in [6.45, 7) is 2.04. The SMILES string of the molecule is COc1ccc2ccc(S(=O)(=O)N[C@H]3CCN(C(C)c4ccc(N)c([N+](=O)[O-])c4)C3=O)cc2c1. The molecule has 1 aliphatic rings. The van der Waals surface area contributed by atoms with Gasteiger partial charge in [-0.1, -0.05) is 18.2 Å². The molecule has 0 bridgehead atoms. The highest BCUT2D eigenvalue weighted by Crippen LogP contribution is 2.31. The number of nitro groups is 1. The minimum absolute atomic E-state index is 0.0346. The van der Waals surface area contributed by atoms with E-state index >= 15 is 0 Å². The summed E-state index contributed by atoms with van der Waals surface area (Å²) < 4.78 is 33.8. The smallest absolute Gasteiger partial charge is 0.292 e. The van der Waals surface area contributed by atoms with E-state index < -0.39 is 32.9 Å². The normalized spacial score (nSPS) is 17.2. The first-order chi connectivity index (χ1) is 16.1. The van der Waals surface area contributed by atoms with Gasteiger partial charge in [-0.05, 0) is 60.0 Å². The van der Waals surface area contributed by atoms with Gasteiger partial charge >= 0.3 is 0 Å². The van der Waals surface area contributed by atoms with E-state index in [0.29, 0.717) is 23.2 Å². The van der Waals surface area contributed by atoms with Crippen LogP contribution in [0.3, 0.4) is 0 Å². The van der Waals surface area contributed by atoms with Crippen LogP contribution in [-0.4, -0.2) is 43.8 Å². The maximum Gasteiger partial charge on any atom is 0.292 e. The van der Waals surface area contributed by atoms with Crippen molar-refractivity contribution in [2.24, 2.45) is 0 Å². The lowest BCUT2D eigenvalue weighted by Crippen LogP contribution is -2.42. The van der Waals surface area contributed by atoms with Crippen LogP contribution in [0.4, 0.5) is 11.4 Å². The van der Waals surface area contributed by atoms with Gasteiger partial charge in [0, 0.05) is 12.6 Å². The van der Waals surface area contributed by atoms with Crippen LogP contribution in [0.5, 0.6) is 5.75 Å². The molecule has 178 valence electrons. The highest BCUT2D eigenvalue weighted by molar-refractivity contribution is 7.89. The molecule has 1 saturated heterocycles. The van der Waals surface area contributed by atoms with E-state index in [-0.39, 0.29) is 22.7 Å². The molecule has 2 atom stereocenters. The molecule has 0 aliphatic carbocycles. The Kier molecular flexibility index (Phi) is 6.15. The molecule has 1 unspecified atom stereocenters. The van der Waals surface area contributed by atoms with Gasteiger partial charge in [0.25, 0.3) is 5.69 Å². The molecule has 3 N–H and O–H groups in total. The number of hydrogen-bond acceptors (Lipinski definition) is 7. The van der Waals surface area contributed by atoms with E-state index in [1.165, 1.54) is 36.3 Å². The van der Waals surface area contributed by atoms with Gasteiger partial charge < -0.3 is 15.4 Å². The number of hydrogen-bond donors (Lipinski definition) is 2. The van der Waals surface area contributed by atoms with Crippen LogP contribution in [-0.2, 0) is 14.8 Å². The number of carbonyl (C=O) groups excluding carboxylic acids is 1. The van der Waals surface area contributed by atoms with Crippen LogP contribution >= 0.6 is 0 Å². The van der Waals surface area contributed by atoms with Crippen molar-refractivity contribution in [2.45, 2.75) is 30.3 Å². The topological polar surface area (TPSA) is 145 Å². The van der Waals surface area contributed by atoms with Gasteiger partial charge in [0.1, 0.15) is 17.5 Å². The third-order valence-corrected chi connectivity index (χ3v) is 7.54. The van der Waals surface area contributed by atoms with Crippen molar-refractivity contribution in [2.75, 3.05) is 19.4 Å². The van der Waals surface area contributed by atoms with Gasteiger partial charge in [-0.25, -0.2) is 8.42 Å². The van der Waals surface area contributed by atoms with Gasteiger partial charge in [-0.3, -0.25) is 14.9 Å². The van der Waals surface area contributed by atoms with E-state index in [0.717, 1.165) is 5.39 Å². The zero-order valence-corrected chi connectivity index (χ0v) is 19.4. The second-order valence-corrected chi connectivity index (χ2v) is 9.83. The molecule has 1 heterocycles. The van der Waals surface area contributed by atoms with Gasteiger partial charge in [0.15, 0.2) is 0 Å². The lowest BCUT2D eigenvalue weighted by Gasteiger charge is -2.25. The average Bonchev–Trinajstić information content (AvgIpc) is 3.17. The van der Waals surface area contributed by atoms with E-state index in [1.807, 2.05) is 6.07 Å². The van der Waals surface area contributed by atoms with E-state index in [9.17, 15) is 23.3 Å². The highest BCUT2D eigenvalue weighted by Gasteiger charge is 2.37. The van der Waals surface area contributed by atoms with E-state index in [4.69, 9.17) is 10.5 Å². The number of nitrogens with two attached hydrogens (primary N) is 1. The molecule has 4 rings (SSSR count). The molecule has 34 heavy (non-hydrogen) atoms. The van der Waals surface area contributed by atoms with Crippen molar-refractivity contribution in [1.82, 2.24) is 9.62 Å². The number of nitro benzene ring substituents is 1. The lowest BCUT2D eigenvalue weighted by atomic mass is 10.1. The standard InChI is InChI=1S/C23H24N4O6S/c1-14(16-5-8-20(24)22(13-16)27(29)30)26-10-9-21(23(26)28)25-34(31,32)19-7-4-15-3-6-18(33-2)11-17(15)12-19/h3-8,11-14,21,25H,9-10,24H2,1-2H3/t14?,21-/m0/s1. The zero-order valence-electron chi connectivity index (χ0n) is 18.6. The average molecular weight is 485 g/mol. The lowest BCUT2D eigenvalue weighted by molar-refractivity contribution is -0.384. The Hall–Kier alpha value is -3.70. The van der Waals surface area contributed by atoms with Crippen LogP contribution in [0.1, 0.15) is 24.9 Å². The number of sulfonamides is 1. The maximum absolute atomic E-state index is 13.0. The number of amides is 1. The summed E-state index contributed by atoms with van der Waals surface area (Å²) in [5.74, 6) is 0.214. The summed E-state index contributed by atoms with van der Waals surface area (Å²) >= 11 is 0. The number of carbonyl (C=O) groups is 1. The minimum atomic E-state index is -3.97. The molecule has 1 amide bonds. The number of anilines is 1. The van der Waals surface area contributed by atoms with E-state index in [1.54, 1.807) is 31.2 Å². The van der Waals surface area contributed by atoms with Gasteiger partial charge in [0.05, 0.1) is 23.0 Å². The summed E-state index contributed by atoms with van der Waals surface area (Å²) in [5.41, 5.74) is 6.01. The summed E-state index contributed by atoms with van der Waals surface area (Å²) in [7, 11) is -2.44. The molecule has 0 aromatic heterocycles. The Morgan fingerprint density at radius 1 is 1.15 bits per heavy atom. The molecule has 0 saturated carbocycles. The van der Waals surface area contributed by atoms with Crippen LogP contribution in [0.25, 0.3) is 10.8 Å². The van der Waals surface area contributed by atoms with Crippen molar-refractivity contribution in [3.05, 3.63) is 70.3 Å². The molecule has 1 aliphatic heterocycles. The monoisotopic (exact) mass is 484 g/mol. The van der Waals surface area contributed by atoms with Crippen molar-refractivity contribution in [1.29, 1.82) is 0 Å². The second kappa shape index (κ2) is 8.92. The molecule has 10 nitrogen and oxygen atoms in total. The number of nitrogen functional groups attached to an aromatic ring is 1. The van der Waals surface area contributed by atoms with Gasteiger partial charge in [-0.2, -0.15) is 4.72 Å². The van der Waals surface area contributed by atoms with Crippen LogP contribution in [0, 0.1) is 10.1 Å². The number of rotatable bonds is 7. The molecule has 1 fully saturated rings. The Balaban J connectivity index is 1.53. The predicted octanol–water partition coefficient (Wildman–Crippen LogP) is 2.98. The number of fused-ring (bicyclic) bond motifs is 1. The Morgan fingerprint density at radius 3 is 2.59 bits per heavy atom. The molecular weight excluding hydrogens is 460 g/mol. The summed E-state index contributed by atoms with van der Waals surface area (Å²) in [6, 6.07) is 13.1. The number of ether oxygens (including phenoxy) is 1. The number of nitrogens with one attached hydrogen (secondary N) is 1.